The molecular formula is C11H16N6OS. The average molecular weight is 280 g/mol. The Kier molecular flexibility index (Phi) is 4.85. The van der Waals surface area contributed by atoms with Crippen LogP contribution in [0.5, 0.6) is 6.01 Å². The number of aromatic nitrogens is 4. The molecule has 0 atom stereocenters. The molecule has 0 amide bonds. The maximum absolute atomic E-state index is 5.06. The van der Waals surface area contributed by atoms with E-state index in [2.05, 4.69) is 37.5 Å². The summed E-state index contributed by atoms with van der Waals surface area (Å²) in [5.41, 5.74) is 2.74. The Bertz CT molecular complexity index is 504. The summed E-state index contributed by atoms with van der Waals surface area (Å²) in [4.78, 5) is 16.7. The van der Waals surface area contributed by atoms with Crippen molar-refractivity contribution in [1.82, 2.24) is 19.9 Å². The molecule has 102 valence electrons. The molecule has 7 nitrogen and oxygen atoms in total. The minimum atomic E-state index is 0.286. The first-order valence-corrected chi connectivity index (χ1v) is 6.91. The standard InChI is InChI=1S/C11H16N6OS/c1-3-4-12-9-15-10(17-11(16-9)18-2)13-5-8-6-19-7-14-8/h6-7H,3-5H2,1-2H3,(H2,12,13,15,16,17). The van der Waals surface area contributed by atoms with Gasteiger partial charge in [-0.05, 0) is 6.42 Å². The lowest BCUT2D eigenvalue weighted by Crippen LogP contribution is -2.10. The molecule has 2 aromatic heterocycles. The summed E-state index contributed by atoms with van der Waals surface area (Å²) in [5.74, 6) is 0.980. The van der Waals surface area contributed by atoms with Crippen molar-refractivity contribution in [2.24, 2.45) is 0 Å². The summed E-state index contributed by atoms with van der Waals surface area (Å²) in [5, 5.41) is 8.18. The topological polar surface area (TPSA) is 84.9 Å². The van der Waals surface area contributed by atoms with Crippen molar-refractivity contribution >= 4 is 23.2 Å². The van der Waals surface area contributed by atoms with Gasteiger partial charge in [-0.15, -0.1) is 11.3 Å². The van der Waals surface area contributed by atoms with Gasteiger partial charge in [0.05, 0.1) is 24.9 Å². The van der Waals surface area contributed by atoms with Gasteiger partial charge in [0, 0.05) is 11.9 Å². The third-order valence-corrected chi connectivity index (χ3v) is 2.88. The Morgan fingerprint density at radius 1 is 1.21 bits per heavy atom. The Labute approximate surface area is 115 Å². The second-order valence-electron chi connectivity index (χ2n) is 3.73. The van der Waals surface area contributed by atoms with Crippen LogP contribution in [0.15, 0.2) is 10.9 Å². The van der Waals surface area contributed by atoms with Crippen molar-refractivity contribution in [3.63, 3.8) is 0 Å². The predicted octanol–water partition coefficient (Wildman–Crippen LogP) is 1.77. The lowest BCUT2D eigenvalue weighted by atomic mass is 10.5. The van der Waals surface area contributed by atoms with E-state index in [4.69, 9.17) is 4.74 Å². The Morgan fingerprint density at radius 2 is 2.00 bits per heavy atom. The predicted molar refractivity (Wildman–Crippen MR) is 74.6 cm³/mol. The molecule has 0 saturated carbocycles. The Balaban J connectivity index is 2.05. The number of anilines is 2. The summed E-state index contributed by atoms with van der Waals surface area (Å²) < 4.78 is 5.06. The van der Waals surface area contributed by atoms with E-state index in [-0.39, 0.29) is 6.01 Å². The number of ether oxygens (including phenoxy) is 1. The van der Waals surface area contributed by atoms with Crippen molar-refractivity contribution in [3.05, 3.63) is 16.6 Å². The quantitative estimate of drug-likeness (QED) is 0.799. The van der Waals surface area contributed by atoms with E-state index < -0.39 is 0 Å². The minimum Gasteiger partial charge on any atom is -0.467 e. The van der Waals surface area contributed by atoms with Crippen LogP contribution in [0.3, 0.4) is 0 Å². The van der Waals surface area contributed by atoms with Crippen molar-refractivity contribution in [2.75, 3.05) is 24.3 Å². The fourth-order valence-electron chi connectivity index (χ4n) is 1.34. The van der Waals surface area contributed by atoms with E-state index in [1.54, 1.807) is 16.8 Å². The number of hydrogen-bond donors (Lipinski definition) is 2. The van der Waals surface area contributed by atoms with Gasteiger partial charge in [0.2, 0.25) is 11.9 Å². The molecule has 2 heterocycles. The molecule has 0 saturated heterocycles. The normalized spacial score (nSPS) is 10.2. The molecule has 2 N–H and O–H groups in total. The van der Waals surface area contributed by atoms with E-state index in [0.29, 0.717) is 18.4 Å². The summed E-state index contributed by atoms with van der Waals surface area (Å²) in [6.07, 6.45) is 0.996. The molecule has 0 aliphatic rings. The van der Waals surface area contributed by atoms with Gasteiger partial charge in [0.25, 0.3) is 0 Å². The van der Waals surface area contributed by atoms with Crippen molar-refractivity contribution in [3.8, 4) is 6.01 Å². The highest BCUT2D eigenvalue weighted by Crippen LogP contribution is 2.12. The molecule has 2 rings (SSSR count). The molecule has 0 unspecified atom stereocenters. The second kappa shape index (κ2) is 6.83. The van der Waals surface area contributed by atoms with Gasteiger partial charge in [-0.3, -0.25) is 0 Å². The third-order valence-electron chi connectivity index (χ3n) is 2.24. The number of nitrogens with one attached hydrogen (secondary N) is 2. The number of nitrogens with zero attached hydrogens (tertiary/aromatic N) is 4. The first-order chi connectivity index (χ1) is 9.31. The zero-order valence-electron chi connectivity index (χ0n) is 10.9. The fourth-order valence-corrected chi connectivity index (χ4v) is 1.90. The molecule has 0 aliphatic heterocycles. The van der Waals surface area contributed by atoms with Crippen LogP contribution in [0.25, 0.3) is 0 Å². The summed E-state index contributed by atoms with van der Waals surface area (Å²) >= 11 is 1.56. The van der Waals surface area contributed by atoms with Gasteiger partial charge >= 0.3 is 6.01 Å². The molecule has 19 heavy (non-hydrogen) atoms. The number of rotatable bonds is 7. The van der Waals surface area contributed by atoms with Crippen LogP contribution in [0, 0.1) is 0 Å². The molecule has 0 bridgehead atoms. The van der Waals surface area contributed by atoms with Crippen LogP contribution in [-0.2, 0) is 6.54 Å². The maximum Gasteiger partial charge on any atom is 0.322 e. The number of methoxy groups -OCH3 is 1. The molecule has 0 spiro atoms. The van der Waals surface area contributed by atoms with E-state index in [9.17, 15) is 0 Å². The van der Waals surface area contributed by atoms with Crippen molar-refractivity contribution < 1.29 is 4.74 Å². The van der Waals surface area contributed by atoms with Crippen LogP contribution < -0.4 is 15.4 Å². The zero-order chi connectivity index (χ0) is 13.5. The van der Waals surface area contributed by atoms with E-state index in [1.807, 2.05) is 5.38 Å². The van der Waals surface area contributed by atoms with Crippen LogP contribution in [0.2, 0.25) is 0 Å². The highest BCUT2D eigenvalue weighted by atomic mass is 32.1. The van der Waals surface area contributed by atoms with Gasteiger partial charge < -0.3 is 15.4 Å². The maximum atomic E-state index is 5.06. The first kappa shape index (κ1) is 13.5. The SMILES string of the molecule is CCCNc1nc(NCc2cscn2)nc(OC)n1. The number of thiazole rings is 1. The highest BCUT2D eigenvalue weighted by molar-refractivity contribution is 7.07. The average Bonchev–Trinajstić information content (AvgIpc) is 2.96. The molecular weight excluding hydrogens is 264 g/mol. The van der Waals surface area contributed by atoms with E-state index in [0.717, 1.165) is 18.7 Å². The van der Waals surface area contributed by atoms with Crippen LogP contribution >= 0.6 is 11.3 Å². The van der Waals surface area contributed by atoms with E-state index >= 15 is 0 Å². The summed E-state index contributed by atoms with van der Waals surface area (Å²) in [6, 6.07) is 0.286. The van der Waals surface area contributed by atoms with Crippen LogP contribution in [-0.4, -0.2) is 33.6 Å². The summed E-state index contributed by atoms with van der Waals surface area (Å²) in [6.45, 7) is 3.45. The lowest BCUT2D eigenvalue weighted by molar-refractivity contribution is 0.379. The van der Waals surface area contributed by atoms with Gasteiger partial charge in [0.1, 0.15) is 0 Å². The Hall–Kier alpha value is -1.96. The highest BCUT2D eigenvalue weighted by Gasteiger charge is 2.06. The lowest BCUT2D eigenvalue weighted by Gasteiger charge is -2.08. The molecule has 0 aromatic carbocycles. The van der Waals surface area contributed by atoms with Crippen molar-refractivity contribution in [1.29, 1.82) is 0 Å². The van der Waals surface area contributed by atoms with Gasteiger partial charge in [0.15, 0.2) is 0 Å². The van der Waals surface area contributed by atoms with Crippen LogP contribution in [0.1, 0.15) is 19.0 Å². The fraction of sp³-hybridized carbons (Fsp3) is 0.455. The van der Waals surface area contributed by atoms with Crippen molar-refractivity contribution in [2.45, 2.75) is 19.9 Å². The monoisotopic (exact) mass is 280 g/mol. The molecule has 0 aliphatic carbocycles. The van der Waals surface area contributed by atoms with E-state index in [1.165, 1.54) is 7.11 Å². The smallest absolute Gasteiger partial charge is 0.322 e. The molecule has 0 fully saturated rings. The largest absolute Gasteiger partial charge is 0.467 e. The Morgan fingerprint density at radius 3 is 2.63 bits per heavy atom. The molecule has 2 aromatic rings. The zero-order valence-corrected chi connectivity index (χ0v) is 11.7. The first-order valence-electron chi connectivity index (χ1n) is 5.96. The second-order valence-corrected chi connectivity index (χ2v) is 4.45. The number of hydrogen-bond acceptors (Lipinski definition) is 8. The third kappa shape index (κ3) is 4.02. The summed E-state index contributed by atoms with van der Waals surface area (Å²) in [7, 11) is 1.53. The van der Waals surface area contributed by atoms with Gasteiger partial charge in [-0.1, -0.05) is 6.92 Å². The van der Waals surface area contributed by atoms with Crippen LogP contribution in [0.4, 0.5) is 11.9 Å². The molecule has 0 radical (unpaired) electrons. The van der Waals surface area contributed by atoms with Gasteiger partial charge in [-0.25, -0.2) is 4.98 Å². The molecule has 8 heteroatoms. The minimum absolute atomic E-state index is 0.286. The van der Waals surface area contributed by atoms with Gasteiger partial charge in [-0.2, -0.15) is 15.0 Å².